The van der Waals surface area contributed by atoms with Gasteiger partial charge in [0, 0.05) is 17.5 Å². The van der Waals surface area contributed by atoms with E-state index in [4.69, 9.17) is 0 Å². The van der Waals surface area contributed by atoms with Crippen LogP contribution in [-0.2, 0) is 0 Å². The molecule has 2 fully saturated rings. The molecule has 0 aromatic rings. The minimum absolute atomic E-state index is 0.0715. The average molecular weight is 239 g/mol. The van der Waals surface area contributed by atoms with Crippen molar-refractivity contribution in [3.63, 3.8) is 0 Å². The van der Waals surface area contributed by atoms with Gasteiger partial charge in [-0.1, -0.05) is 40.0 Å². The van der Waals surface area contributed by atoms with Crippen LogP contribution in [0.25, 0.3) is 0 Å². The van der Waals surface area contributed by atoms with Gasteiger partial charge in [-0.2, -0.15) is 0 Å². The van der Waals surface area contributed by atoms with E-state index in [0.29, 0.717) is 12.1 Å². The van der Waals surface area contributed by atoms with Gasteiger partial charge in [0.2, 0.25) is 0 Å². The SMILES string of the molecule is CCC(NC1CC(O)C1(C)C)C1CCCCC1. The van der Waals surface area contributed by atoms with Gasteiger partial charge >= 0.3 is 0 Å². The van der Waals surface area contributed by atoms with Crippen molar-refractivity contribution in [3.8, 4) is 0 Å². The van der Waals surface area contributed by atoms with Crippen molar-refractivity contribution < 1.29 is 5.11 Å². The number of aliphatic hydroxyl groups excluding tert-OH is 1. The molecule has 0 amide bonds. The maximum atomic E-state index is 9.80. The Morgan fingerprint density at radius 2 is 1.88 bits per heavy atom. The highest BCUT2D eigenvalue weighted by atomic mass is 16.3. The number of aliphatic hydroxyl groups is 1. The molecule has 2 N–H and O–H groups in total. The zero-order valence-electron chi connectivity index (χ0n) is 11.7. The van der Waals surface area contributed by atoms with Crippen LogP contribution >= 0.6 is 0 Å². The lowest BCUT2D eigenvalue weighted by molar-refractivity contribution is -0.0786. The predicted molar refractivity (Wildman–Crippen MR) is 72.0 cm³/mol. The Bertz CT molecular complexity index is 245. The molecule has 0 radical (unpaired) electrons. The first-order chi connectivity index (χ1) is 8.05. The Kier molecular flexibility index (Phi) is 4.14. The summed E-state index contributed by atoms with van der Waals surface area (Å²) in [6.45, 7) is 6.67. The third kappa shape index (κ3) is 2.68. The second kappa shape index (κ2) is 5.27. The van der Waals surface area contributed by atoms with Crippen LogP contribution in [0.15, 0.2) is 0 Å². The molecular formula is C15H29NO. The Labute approximate surface area is 106 Å². The Hall–Kier alpha value is -0.0800. The van der Waals surface area contributed by atoms with Gasteiger partial charge in [0.05, 0.1) is 6.10 Å². The van der Waals surface area contributed by atoms with Crippen LogP contribution in [0.1, 0.15) is 65.7 Å². The third-order valence-corrected chi connectivity index (χ3v) is 5.29. The van der Waals surface area contributed by atoms with Gasteiger partial charge in [-0.15, -0.1) is 0 Å². The molecule has 3 unspecified atom stereocenters. The molecule has 0 aromatic heterocycles. The summed E-state index contributed by atoms with van der Waals surface area (Å²) in [6.07, 6.45) is 9.13. The molecule has 0 aliphatic heterocycles. The third-order valence-electron chi connectivity index (χ3n) is 5.29. The molecule has 2 aliphatic rings. The van der Waals surface area contributed by atoms with Crippen LogP contribution in [0.3, 0.4) is 0 Å². The molecule has 2 saturated carbocycles. The van der Waals surface area contributed by atoms with Crippen molar-refractivity contribution in [2.75, 3.05) is 0 Å². The van der Waals surface area contributed by atoms with E-state index in [1.165, 1.54) is 38.5 Å². The maximum absolute atomic E-state index is 9.80. The highest BCUT2D eigenvalue weighted by Crippen LogP contribution is 2.41. The minimum Gasteiger partial charge on any atom is -0.392 e. The Balaban J connectivity index is 1.87. The van der Waals surface area contributed by atoms with Gasteiger partial charge in [0.1, 0.15) is 0 Å². The molecule has 3 atom stereocenters. The number of hydrogen-bond acceptors (Lipinski definition) is 2. The fraction of sp³-hybridized carbons (Fsp3) is 1.00. The van der Waals surface area contributed by atoms with Crippen LogP contribution < -0.4 is 5.32 Å². The van der Waals surface area contributed by atoms with Crippen molar-refractivity contribution in [1.29, 1.82) is 0 Å². The summed E-state index contributed by atoms with van der Waals surface area (Å²) in [7, 11) is 0. The van der Waals surface area contributed by atoms with E-state index < -0.39 is 0 Å². The summed E-state index contributed by atoms with van der Waals surface area (Å²) in [5.74, 6) is 0.877. The fourth-order valence-electron chi connectivity index (χ4n) is 3.57. The van der Waals surface area contributed by atoms with E-state index in [1.807, 2.05) is 0 Å². The quantitative estimate of drug-likeness (QED) is 0.790. The van der Waals surface area contributed by atoms with E-state index >= 15 is 0 Å². The molecule has 0 spiro atoms. The molecule has 100 valence electrons. The zero-order chi connectivity index (χ0) is 12.5. The molecule has 0 aromatic carbocycles. The zero-order valence-corrected chi connectivity index (χ0v) is 11.7. The van der Waals surface area contributed by atoms with Gasteiger partial charge in [-0.05, 0) is 31.6 Å². The molecule has 2 heteroatoms. The number of nitrogens with one attached hydrogen (secondary N) is 1. The van der Waals surface area contributed by atoms with Crippen LogP contribution in [0.5, 0.6) is 0 Å². The number of rotatable bonds is 4. The van der Waals surface area contributed by atoms with E-state index in [0.717, 1.165) is 12.3 Å². The standard InChI is InChI=1S/C15H29NO/c1-4-12(11-8-6-5-7-9-11)16-13-10-14(17)15(13,2)3/h11-14,16-17H,4-10H2,1-3H3. The summed E-state index contributed by atoms with van der Waals surface area (Å²) >= 11 is 0. The van der Waals surface area contributed by atoms with Crippen LogP contribution in [-0.4, -0.2) is 23.3 Å². The molecule has 2 nitrogen and oxygen atoms in total. The molecule has 2 rings (SSSR count). The smallest absolute Gasteiger partial charge is 0.0621 e. The topological polar surface area (TPSA) is 32.3 Å². The summed E-state index contributed by atoms with van der Waals surface area (Å²) in [6, 6.07) is 1.19. The van der Waals surface area contributed by atoms with E-state index in [1.54, 1.807) is 0 Å². The lowest BCUT2D eigenvalue weighted by Crippen LogP contribution is -2.62. The fourth-order valence-corrected chi connectivity index (χ4v) is 3.57. The summed E-state index contributed by atoms with van der Waals surface area (Å²) in [4.78, 5) is 0. The van der Waals surface area contributed by atoms with E-state index in [-0.39, 0.29) is 11.5 Å². The summed E-state index contributed by atoms with van der Waals surface area (Å²) in [5, 5.41) is 13.6. The van der Waals surface area contributed by atoms with Crippen molar-refractivity contribution in [2.45, 2.75) is 83.9 Å². The molecule has 0 saturated heterocycles. The lowest BCUT2D eigenvalue weighted by Gasteiger charge is -2.51. The molecular weight excluding hydrogens is 210 g/mol. The van der Waals surface area contributed by atoms with Gasteiger partial charge < -0.3 is 10.4 Å². The average Bonchev–Trinajstić information content (AvgIpc) is 2.35. The number of hydrogen-bond donors (Lipinski definition) is 2. The largest absolute Gasteiger partial charge is 0.392 e. The maximum Gasteiger partial charge on any atom is 0.0621 e. The van der Waals surface area contributed by atoms with Crippen LogP contribution in [0.4, 0.5) is 0 Å². The first kappa shape index (κ1) is 13.4. The first-order valence-corrected chi connectivity index (χ1v) is 7.49. The van der Waals surface area contributed by atoms with Crippen LogP contribution in [0, 0.1) is 11.3 Å². The van der Waals surface area contributed by atoms with Crippen LogP contribution in [0.2, 0.25) is 0 Å². The van der Waals surface area contributed by atoms with Crippen molar-refractivity contribution >= 4 is 0 Å². The van der Waals surface area contributed by atoms with E-state index in [9.17, 15) is 5.11 Å². The molecule has 0 heterocycles. The second-order valence-electron chi connectivity index (χ2n) is 6.70. The normalized spacial score (nSPS) is 35.3. The van der Waals surface area contributed by atoms with Gasteiger partial charge in [0.15, 0.2) is 0 Å². The van der Waals surface area contributed by atoms with Crippen molar-refractivity contribution in [2.24, 2.45) is 11.3 Å². The Morgan fingerprint density at radius 3 is 2.35 bits per heavy atom. The predicted octanol–water partition coefficient (Wildman–Crippen LogP) is 3.09. The van der Waals surface area contributed by atoms with Gasteiger partial charge in [-0.25, -0.2) is 0 Å². The van der Waals surface area contributed by atoms with Crippen molar-refractivity contribution in [3.05, 3.63) is 0 Å². The summed E-state index contributed by atoms with van der Waals surface area (Å²) < 4.78 is 0. The molecule has 0 bridgehead atoms. The highest BCUT2D eigenvalue weighted by Gasteiger charge is 2.48. The first-order valence-electron chi connectivity index (χ1n) is 7.49. The second-order valence-corrected chi connectivity index (χ2v) is 6.70. The van der Waals surface area contributed by atoms with Gasteiger partial charge in [-0.3, -0.25) is 0 Å². The molecule has 2 aliphatic carbocycles. The molecule has 17 heavy (non-hydrogen) atoms. The minimum atomic E-state index is -0.108. The van der Waals surface area contributed by atoms with Crippen molar-refractivity contribution in [1.82, 2.24) is 5.32 Å². The summed E-state index contributed by atoms with van der Waals surface area (Å²) in [5.41, 5.74) is 0.0715. The van der Waals surface area contributed by atoms with E-state index in [2.05, 4.69) is 26.1 Å². The highest BCUT2D eigenvalue weighted by molar-refractivity contribution is 5.03. The lowest BCUT2D eigenvalue weighted by atomic mass is 9.64. The Morgan fingerprint density at radius 1 is 1.24 bits per heavy atom. The monoisotopic (exact) mass is 239 g/mol. The van der Waals surface area contributed by atoms with Gasteiger partial charge in [0.25, 0.3) is 0 Å².